The zero-order valence-electron chi connectivity index (χ0n) is 8.98. The summed E-state index contributed by atoms with van der Waals surface area (Å²) >= 11 is 0. The molecule has 14 heavy (non-hydrogen) atoms. The second-order valence-electron chi connectivity index (χ2n) is 2.38. The number of hydrogen-bond acceptors (Lipinski definition) is 3. The Kier molecular flexibility index (Phi) is 6.22. The van der Waals surface area contributed by atoms with Crippen molar-refractivity contribution in [1.29, 1.82) is 0 Å². The number of carbonyl (C=O) groups excluding carboxylic acids is 1. The molecule has 0 bridgehead atoms. The van der Waals surface area contributed by atoms with Crippen molar-refractivity contribution in [2.24, 2.45) is 0 Å². The Morgan fingerprint density at radius 2 is 2.21 bits per heavy atom. The van der Waals surface area contributed by atoms with E-state index in [1.807, 2.05) is 0 Å². The van der Waals surface area contributed by atoms with Crippen LogP contribution in [0, 0.1) is 0 Å². The molecule has 0 aliphatic carbocycles. The van der Waals surface area contributed by atoms with E-state index in [9.17, 15) is 9.59 Å². The molecule has 0 atom stereocenters. The Balaban J connectivity index is 0. The summed E-state index contributed by atoms with van der Waals surface area (Å²) in [7, 11) is 1.38. The van der Waals surface area contributed by atoms with Gasteiger partial charge in [-0.15, -0.1) is 0 Å². The number of carboxylic acid groups (broad SMARTS) is 1. The standard InChI is InChI=1S/C9H8O4.K.H/c1-13-8-3-2-6(5-10)4-7(8)9(11)12;;/h2-5H,1H3,(H,11,12);;/q;+1;-1. The van der Waals surface area contributed by atoms with Crippen molar-refractivity contribution >= 4 is 12.3 Å². The second kappa shape index (κ2) is 6.31. The third-order valence-corrected chi connectivity index (χ3v) is 1.59. The van der Waals surface area contributed by atoms with E-state index < -0.39 is 5.97 Å². The first kappa shape index (κ1) is 13.8. The fourth-order valence-corrected chi connectivity index (χ4v) is 0.966. The number of benzene rings is 1. The molecule has 1 rings (SSSR count). The van der Waals surface area contributed by atoms with Crippen LogP contribution in [0.1, 0.15) is 22.1 Å². The van der Waals surface area contributed by atoms with Gasteiger partial charge in [0.25, 0.3) is 0 Å². The molecule has 1 aromatic carbocycles. The SMILES string of the molecule is COc1ccc(C=O)cc1C(=O)O.[H-].[K+]. The van der Waals surface area contributed by atoms with E-state index in [-0.39, 0.29) is 64.1 Å². The minimum atomic E-state index is -1.11. The van der Waals surface area contributed by atoms with Gasteiger partial charge >= 0.3 is 57.4 Å². The van der Waals surface area contributed by atoms with Crippen LogP contribution in [0.4, 0.5) is 0 Å². The first-order valence-electron chi connectivity index (χ1n) is 3.55. The van der Waals surface area contributed by atoms with Crippen molar-refractivity contribution in [2.45, 2.75) is 0 Å². The zero-order valence-corrected chi connectivity index (χ0v) is 11.1. The van der Waals surface area contributed by atoms with Gasteiger partial charge in [0.15, 0.2) is 0 Å². The monoisotopic (exact) mass is 220 g/mol. The van der Waals surface area contributed by atoms with Crippen LogP contribution in [0.15, 0.2) is 18.2 Å². The average Bonchev–Trinajstić information content (AvgIpc) is 2.16. The molecular weight excluding hydrogens is 211 g/mol. The van der Waals surface area contributed by atoms with E-state index in [4.69, 9.17) is 9.84 Å². The van der Waals surface area contributed by atoms with Gasteiger partial charge in [0.2, 0.25) is 0 Å². The summed E-state index contributed by atoms with van der Waals surface area (Å²) in [5.74, 6) is -0.862. The molecule has 0 aromatic heterocycles. The maximum atomic E-state index is 10.7. The van der Waals surface area contributed by atoms with Crippen molar-refractivity contribution in [3.05, 3.63) is 29.3 Å². The molecule has 70 valence electrons. The molecule has 1 N–H and O–H groups in total. The Morgan fingerprint density at radius 1 is 1.57 bits per heavy atom. The minimum absolute atomic E-state index is 0. The molecule has 0 aliphatic heterocycles. The molecular formula is C9H9KO4. The van der Waals surface area contributed by atoms with E-state index in [0.29, 0.717) is 11.8 Å². The van der Waals surface area contributed by atoms with Gasteiger partial charge in [0, 0.05) is 5.56 Å². The number of ether oxygens (including phenoxy) is 1. The van der Waals surface area contributed by atoms with E-state index >= 15 is 0 Å². The number of carbonyl (C=O) groups is 2. The van der Waals surface area contributed by atoms with Crippen LogP contribution in [0.2, 0.25) is 0 Å². The van der Waals surface area contributed by atoms with Crippen molar-refractivity contribution in [3.63, 3.8) is 0 Å². The summed E-state index contributed by atoms with van der Waals surface area (Å²) in [6, 6.07) is 4.22. The Hall–Kier alpha value is -0.204. The van der Waals surface area contributed by atoms with Gasteiger partial charge in [-0.3, -0.25) is 4.79 Å². The summed E-state index contributed by atoms with van der Waals surface area (Å²) in [5, 5.41) is 8.72. The van der Waals surface area contributed by atoms with Crippen LogP contribution in [0.5, 0.6) is 5.75 Å². The molecule has 0 heterocycles. The van der Waals surface area contributed by atoms with Gasteiger partial charge in [-0.2, -0.15) is 0 Å². The van der Waals surface area contributed by atoms with Crippen LogP contribution in [0.25, 0.3) is 0 Å². The van der Waals surface area contributed by atoms with Gasteiger partial charge in [-0.05, 0) is 18.2 Å². The molecule has 0 fully saturated rings. The molecule has 0 spiro atoms. The zero-order chi connectivity index (χ0) is 9.84. The fraction of sp³-hybridized carbons (Fsp3) is 0.111. The Morgan fingerprint density at radius 3 is 2.64 bits per heavy atom. The summed E-state index contributed by atoms with van der Waals surface area (Å²) in [4.78, 5) is 21.0. The smallest absolute Gasteiger partial charge is 1.00 e. The number of hydrogen-bond donors (Lipinski definition) is 1. The van der Waals surface area contributed by atoms with E-state index in [1.165, 1.54) is 25.3 Å². The predicted molar refractivity (Wildman–Crippen MR) is 46.5 cm³/mol. The largest absolute Gasteiger partial charge is 1.00 e. The van der Waals surface area contributed by atoms with Gasteiger partial charge in [-0.25, -0.2) is 4.79 Å². The number of aldehydes is 1. The van der Waals surface area contributed by atoms with Crippen molar-refractivity contribution in [3.8, 4) is 5.75 Å². The van der Waals surface area contributed by atoms with Gasteiger partial charge in [0.1, 0.15) is 17.6 Å². The van der Waals surface area contributed by atoms with Crippen molar-refractivity contribution in [2.75, 3.05) is 7.11 Å². The summed E-state index contributed by atoms with van der Waals surface area (Å²) in [5.41, 5.74) is 0.310. The van der Waals surface area contributed by atoms with E-state index in [1.54, 1.807) is 0 Å². The summed E-state index contributed by atoms with van der Waals surface area (Å²) in [6.45, 7) is 0. The maximum Gasteiger partial charge on any atom is 1.00 e. The molecule has 0 radical (unpaired) electrons. The number of aromatic carboxylic acids is 1. The molecule has 0 saturated carbocycles. The molecule has 0 unspecified atom stereocenters. The molecule has 0 amide bonds. The minimum Gasteiger partial charge on any atom is -1.00 e. The fourth-order valence-electron chi connectivity index (χ4n) is 0.966. The van der Waals surface area contributed by atoms with Crippen molar-refractivity contribution in [1.82, 2.24) is 0 Å². The third kappa shape index (κ3) is 3.18. The van der Waals surface area contributed by atoms with Crippen LogP contribution in [0.3, 0.4) is 0 Å². The van der Waals surface area contributed by atoms with E-state index in [0.717, 1.165) is 0 Å². The normalized spacial score (nSPS) is 8.64. The quantitative estimate of drug-likeness (QED) is 0.488. The predicted octanol–water partition coefficient (Wildman–Crippen LogP) is -1.68. The first-order valence-corrected chi connectivity index (χ1v) is 3.55. The molecule has 4 nitrogen and oxygen atoms in total. The van der Waals surface area contributed by atoms with Crippen LogP contribution < -0.4 is 56.1 Å². The van der Waals surface area contributed by atoms with Gasteiger partial charge < -0.3 is 11.3 Å². The van der Waals surface area contributed by atoms with E-state index in [2.05, 4.69) is 0 Å². The van der Waals surface area contributed by atoms with Crippen molar-refractivity contribution < 1.29 is 72.2 Å². The summed E-state index contributed by atoms with van der Waals surface area (Å²) in [6.07, 6.45) is 0.589. The molecule has 0 saturated heterocycles. The summed E-state index contributed by atoms with van der Waals surface area (Å²) < 4.78 is 4.81. The number of rotatable bonds is 3. The van der Waals surface area contributed by atoms with Gasteiger partial charge in [0.05, 0.1) is 7.11 Å². The molecule has 0 aliphatic rings. The third-order valence-electron chi connectivity index (χ3n) is 1.59. The number of carboxylic acids is 1. The number of methoxy groups -OCH3 is 1. The van der Waals surface area contributed by atoms with Crippen LogP contribution in [-0.4, -0.2) is 24.5 Å². The van der Waals surface area contributed by atoms with Gasteiger partial charge in [-0.1, -0.05) is 0 Å². The molecule has 1 aromatic rings. The Bertz CT molecular complexity index is 354. The van der Waals surface area contributed by atoms with Crippen LogP contribution in [-0.2, 0) is 0 Å². The maximum absolute atomic E-state index is 10.7. The topological polar surface area (TPSA) is 63.6 Å². The van der Waals surface area contributed by atoms with Crippen LogP contribution >= 0.6 is 0 Å². The first-order chi connectivity index (χ1) is 6.19. The second-order valence-corrected chi connectivity index (χ2v) is 2.38. The Labute approximate surface area is 125 Å². The molecule has 5 heteroatoms. The average molecular weight is 220 g/mol.